The van der Waals surface area contributed by atoms with Gasteiger partial charge in [-0.3, -0.25) is 4.79 Å². The summed E-state index contributed by atoms with van der Waals surface area (Å²) in [6, 6.07) is 3.53. The lowest BCUT2D eigenvalue weighted by atomic mass is 10.2. The van der Waals surface area contributed by atoms with Gasteiger partial charge in [-0.15, -0.1) is 10.2 Å². The highest BCUT2D eigenvalue weighted by Crippen LogP contribution is 2.19. The van der Waals surface area contributed by atoms with Gasteiger partial charge in [0.15, 0.2) is 0 Å². The average Bonchev–Trinajstić information content (AvgIpc) is 2.87. The van der Waals surface area contributed by atoms with E-state index in [0.29, 0.717) is 0 Å². The van der Waals surface area contributed by atoms with Crippen LogP contribution in [0.3, 0.4) is 0 Å². The Balaban J connectivity index is 2.22. The minimum absolute atomic E-state index is 0.0546. The van der Waals surface area contributed by atoms with Crippen molar-refractivity contribution in [2.45, 2.75) is 0 Å². The Labute approximate surface area is 121 Å². The maximum absolute atomic E-state index is 13.4. The number of hydrogen-bond acceptors (Lipinski definition) is 6. The van der Waals surface area contributed by atoms with Gasteiger partial charge >= 0.3 is 5.97 Å². The molecule has 1 heterocycles. The van der Waals surface area contributed by atoms with Crippen LogP contribution in [-0.2, 0) is 4.74 Å². The van der Waals surface area contributed by atoms with Crippen molar-refractivity contribution >= 4 is 40.5 Å². The molecule has 0 fully saturated rings. The molecule has 0 aliphatic carbocycles. The summed E-state index contributed by atoms with van der Waals surface area (Å²) in [4.78, 5) is 23.1. The van der Waals surface area contributed by atoms with Crippen LogP contribution < -0.4 is 5.32 Å². The van der Waals surface area contributed by atoms with E-state index in [1.807, 2.05) is 0 Å². The van der Waals surface area contributed by atoms with E-state index in [0.717, 1.165) is 24.5 Å². The molecule has 1 amide bonds. The minimum Gasteiger partial charge on any atom is -0.465 e. The molecule has 104 valence electrons. The Hall–Kier alpha value is -2.06. The van der Waals surface area contributed by atoms with E-state index < -0.39 is 17.7 Å². The second-order valence-electron chi connectivity index (χ2n) is 3.50. The van der Waals surface area contributed by atoms with Crippen molar-refractivity contribution in [1.29, 1.82) is 0 Å². The number of rotatable bonds is 3. The summed E-state index contributed by atoms with van der Waals surface area (Å²) in [5, 5.41) is 9.56. The van der Waals surface area contributed by atoms with Gasteiger partial charge < -0.3 is 10.1 Å². The molecule has 0 bridgehead atoms. The predicted octanol–water partition coefficient (Wildman–Crippen LogP) is 2.37. The number of halogens is 2. The van der Waals surface area contributed by atoms with Crippen LogP contribution >= 0.6 is 22.9 Å². The van der Waals surface area contributed by atoms with Crippen LogP contribution in [0.5, 0.6) is 0 Å². The second kappa shape index (κ2) is 5.93. The largest absolute Gasteiger partial charge is 0.465 e. The lowest BCUT2D eigenvalue weighted by molar-refractivity contribution is 0.0595. The van der Waals surface area contributed by atoms with Crippen molar-refractivity contribution in [2.75, 3.05) is 12.4 Å². The minimum atomic E-state index is -0.836. The highest BCUT2D eigenvalue weighted by Gasteiger charge is 2.16. The Kier molecular flexibility index (Phi) is 4.26. The van der Waals surface area contributed by atoms with E-state index in [1.165, 1.54) is 12.1 Å². The van der Waals surface area contributed by atoms with E-state index >= 15 is 0 Å². The zero-order chi connectivity index (χ0) is 14.7. The van der Waals surface area contributed by atoms with Gasteiger partial charge in [0.25, 0.3) is 5.91 Å². The van der Waals surface area contributed by atoms with Crippen molar-refractivity contribution in [1.82, 2.24) is 10.2 Å². The van der Waals surface area contributed by atoms with Crippen LogP contribution in [0.2, 0.25) is 4.47 Å². The molecule has 0 aliphatic heterocycles. The average molecular weight is 316 g/mol. The van der Waals surface area contributed by atoms with Crippen LogP contribution in [0.25, 0.3) is 0 Å². The fourth-order valence-corrected chi connectivity index (χ4v) is 2.07. The van der Waals surface area contributed by atoms with Crippen LogP contribution in [0.4, 0.5) is 10.1 Å². The molecule has 1 N–H and O–H groups in total. The molecule has 0 saturated heterocycles. The number of nitrogens with zero attached hydrogens (tertiary/aromatic N) is 2. The van der Waals surface area contributed by atoms with Crippen LogP contribution in [0.1, 0.15) is 20.2 Å². The van der Waals surface area contributed by atoms with E-state index in [9.17, 15) is 14.0 Å². The van der Waals surface area contributed by atoms with E-state index in [-0.39, 0.29) is 20.7 Å². The zero-order valence-corrected chi connectivity index (χ0v) is 11.6. The monoisotopic (exact) mass is 315 g/mol. The number of hydrogen-bond donors (Lipinski definition) is 1. The third-order valence-corrected chi connectivity index (χ3v) is 3.24. The Bertz CT molecular complexity index is 677. The number of methoxy groups -OCH3 is 1. The highest BCUT2D eigenvalue weighted by molar-refractivity contribution is 7.17. The quantitative estimate of drug-likeness (QED) is 0.879. The Morgan fingerprint density at radius 1 is 1.40 bits per heavy atom. The summed E-state index contributed by atoms with van der Waals surface area (Å²) < 4.78 is 18.0. The molecule has 0 radical (unpaired) electrons. The fraction of sp³-hybridized carbons (Fsp3) is 0.0909. The van der Waals surface area contributed by atoms with Crippen molar-refractivity contribution in [3.8, 4) is 0 Å². The molecule has 0 spiro atoms. The lowest BCUT2D eigenvalue weighted by Crippen LogP contribution is -2.13. The maximum Gasteiger partial charge on any atom is 0.340 e. The van der Waals surface area contributed by atoms with Gasteiger partial charge in [-0.05, 0) is 29.8 Å². The predicted molar refractivity (Wildman–Crippen MR) is 70.6 cm³/mol. The molecule has 2 aromatic rings. The number of anilines is 1. The van der Waals surface area contributed by atoms with Crippen molar-refractivity contribution < 1.29 is 18.7 Å². The second-order valence-corrected chi connectivity index (χ2v) is 5.06. The maximum atomic E-state index is 13.4. The number of carbonyl (C=O) groups excluding carboxylic acids is 2. The smallest absolute Gasteiger partial charge is 0.340 e. The number of ether oxygens (including phenoxy) is 1. The molecule has 0 aliphatic rings. The number of carbonyl (C=O) groups is 2. The van der Waals surface area contributed by atoms with Gasteiger partial charge in [0.05, 0.1) is 12.7 Å². The normalized spacial score (nSPS) is 10.2. The Morgan fingerprint density at radius 3 is 2.75 bits per heavy atom. The summed E-state index contributed by atoms with van der Waals surface area (Å²) in [6.45, 7) is 0. The third-order valence-electron chi connectivity index (χ3n) is 2.22. The summed E-state index contributed by atoms with van der Waals surface area (Å²) >= 11 is 6.47. The van der Waals surface area contributed by atoms with E-state index in [2.05, 4.69) is 20.3 Å². The number of nitrogens with one attached hydrogen (secondary N) is 1. The molecule has 20 heavy (non-hydrogen) atoms. The van der Waals surface area contributed by atoms with Crippen LogP contribution in [-0.4, -0.2) is 29.2 Å². The third kappa shape index (κ3) is 3.09. The van der Waals surface area contributed by atoms with Crippen molar-refractivity contribution in [3.63, 3.8) is 0 Å². The molecular weight excluding hydrogens is 309 g/mol. The molecule has 1 aromatic carbocycles. The number of esters is 1. The number of aromatic nitrogens is 2. The SMILES string of the molecule is COC(=O)c1cc(NC(=O)c2nnc(Cl)s2)ccc1F. The summed E-state index contributed by atoms with van der Waals surface area (Å²) in [5.41, 5.74) is -0.0521. The molecule has 1 aromatic heterocycles. The lowest BCUT2D eigenvalue weighted by Gasteiger charge is -2.06. The first-order valence-electron chi connectivity index (χ1n) is 5.19. The Morgan fingerprint density at radius 2 is 2.15 bits per heavy atom. The van der Waals surface area contributed by atoms with Crippen molar-refractivity contribution in [2.24, 2.45) is 0 Å². The molecule has 2 rings (SSSR count). The summed E-state index contributed by atoms with van der Waals surface area (Å²) in [7, 11) is 1.14. The number of benzene rings is 1. The van der Waals surface area contributed by atoms with Gasteiger partial charge in [0, 0.05) is 5.69 Å². The van der Waals surface area contributed by atoms with Gasteiger partial charge in [0.2, 0.25) is 9.47 Å². The van der Waals surface area contributed by atoms with Crippen LogP contribution in [0.15, 0.2) is 18.2 Å². The summed E-state index contributed by atoms with van der Waals surface area (Å²) in [5.74, 6) is -2.14. The van der Waals surface area contributed by atoms with E-state index in [4.69, 9.17) is 11.6 Å². The first-order chi connectivity index (χ1) is 9.51. The van der Waals surface area contributed by atoms with Crippen LogP contribution in [0, 0.1) is 5.82 Å². The molecule has 0 saturated carbocycles. The molecule has 9 heteroatoms. The van der Waals surface area contributed by atoms with Gasteiger partial charge in [-0.1, -0.05) is 11.3 Å². The molecule has 0 unspecified atom stereocenters. The van der Waals surface area contributed by atoms with Gasteiger partial charge in [-0.25, -0.2) is 9.18 Å². The fourth-order valence-electron chi connectivity index (χ4n) is 1.35. The first kappa shape index (κ1) is 14.4. The first-order valence-corrected chi connectivity index (χ1v) is 6.39. The topological polar surface area (TPSA) is 81.2 Å². The van der Waals surface area contributed by atoms with E-state index in [1.54, 1.807) is 0 Å². The van der Waals surface area contributed by atoms with Crippen molar-refractivity contribution in [3.05, 3.63) is 39.1 Å². The summed E-state index contributed by atoms with van der Waals surface area (Å²) in [6.07, 6.45) is 0. The van der Waals surface area contributed by atoms with Gasteiger partial charge in [-0.2, -0.15) is 0 Å². The molecular formula is C11H7ClFN3O3S. The molecule has 6 nitrogen and oxygen atoms in total. The number of amides is 1. The zero-order valence-electron chi connectivity index (χ0n) is 10.0. The highest BCUT2D eigenvalue weighted by atomic mass is 35.5. The standard InChI is InChI=1S/C11H7ClFN3O3S/c1-19-10(18)6-4-5(2-3-7(6)13)14-8(17)9-15-16-11(12)20-9/h2-4H,1H3,(H,14,17). The molecule has 0 atom stereocenters. The van der Waals surface area contributed by atoms with Gasteiger partial charge in [0.1, 0.15) is 5.82 Å².